The third-order valence-electron chi connectivity index (χ3n) is 6.11. The highest BCUT2D eigenvalue weighted by atomic mass is 16.5. The molecule has 0 aromatic heterocycles. The molecule has 0 radical (unpaired) electrons. The first kappa shape index (κ1) is 20.3. The molecule has 2 aliphatic rings. The summed E-state index contributed by atoms with van der Waals surface area (Å²) in [5, 5.41) is 2.97. The molecule has 0 unspecified atom stereocenters. The maximum atomic E-state index is 13.1. The Hall–Kier alpha value is -3.02. The van der Waals surface area contributed by atoms with Crippen molar-refractivity contribution in [2.45, 2.75) is 45.3 Å². The van der Waals surface area contributed by atoms with Crippen LogP contribution in [0.25, 0.3) is 0 Å². The van der Waals surface area contributed by atoms with Gasteiger partial charge >= 0.3 is 0 Å². The first-order valence-corrected chi connectivity index (χ1v) is 10.8. The van der Waals surface area contributed by atoms with Crippen LogP contribution in [-0.2, 0) is 6.54 Å². The molecule has 2 heterocycles. The summed E-state index contributed by atoms with van der Waals surface area (Å²) >= 11 is 0. The normalized spacial score (nSPS) is 18.3. The fraction of sp³-hybridized carbons (Fsp3) is 0.417. The number of methoxy groups -OCH3 is 1. The molecule has 2 aromatic carbocycles. The molecule has 0 bridgehead atoms. The van der Waals surface area contributed by atoms with Gasteiger partial charge in [-0.2, -0.15) is 0 Å². The summed E-state index contributed by atoms with van der Waals surface area (Å²) in [4.78, 5) is 30.3. The molecular formula is C24H29N3O3. The topological polar surface area (TPSA) is 61.9 Å². The van der Waals surface area contributed by atoms with E-state index in [9.17, 15) is 9.59 Å². The molecule has 0 saturated carbocycles. The van der Waals surface area contributed by atoms with Crippen LogP contribution in [0.4, 0.5) is 5.69 Å². The van der Waals surface area contributed by atoms with Crippen LogP contribution in [0.1, 0.15) is 58.9 Å². The third-order valence-corrected chi connectivity index (χ3v) is 6.11. The summed E-state index contributed by atoms with van der Waals surface area (Å²) in [6.07, 6.45) is 4.40. The number of hydrogen-bond acceptors (Lipinski definition) is 4. The van der Waals surface area contributed by atoms with Crippen molar-refractivity contribution in [3.63, 3.8) is 0 Å². The molecule has 30 heavy (non-hydrogen) atoms. The lowest BCUT2D eigenvalue weighted by Crippen LogP contribution is -2.55. The number of amides is 2. The highest BCUT2D eigenvalue weighted by Gasteiger charge is 2.37. The van der Waals surface area contributed by atoms with E-state index in [1.54, 1.807) is 19.2 Å². The van der Waals surface area contributed by atoms with Crippen molar-refractivity contribution in [1.82, 2.24) is 10.2 Å². The van der Waals surface area contributed by atoms with Crippen LogP contribution in [0.2, 0.25) is 0 Å². The SMILES string of the molecule is CCN1c2cc(C(=O)NCc3ccccc3OC)ccc2C(=O)N2CCCCC[C@H]21. The van der Waals surface area contributed by atoms with Gasteiger partial charge in [0.05, 0.1) is 18.4 Å². The Morgan fingerprint density at radius 2 is 2.00 bits per heavy atom. The summed E-state index contributed by atoms with van der Waals surface area (Å²) in [5.74, 6) is 0.678. The smallest absolute Gasteiger partial charge is 0.257 e. The Balaban J connectivity index is 1.58. The Kier molecular flexibility index (Phi) is 5.93. The number of carbonyl (C=O) groups is 2. The summed E-state index contributed by atoms with van der Waals surface area (Å²) in [5.41, 5.74) is 3.05. The molecule has 2 aromatic rings. The molecule has 4 rings (SSSR count). The second-order valence-electron chi connectivity index (χ2n) is 7.84. The molecule has 2 amide bonds. The van der Waals surface area contributed by atoms with Gasteiger partial charge in [0.25, 0.3) is 11.8 Å². The first-order valence-electron chi connectivity index (χ1n) is 10.8. The molecular weight excluding hydrogens is 378 g/mol. The average molecular weight is 408 g/mol. The minimum Gasteiger partial charge on any atom is -0.496 e. The van der Waals surface area contributed by atoms with Crippen LogP contribution in [0.3, 0.4) is 0 Å². The van der Waals surface area contributed by atoms with Gasteiger partial charge in [-0.05, 0) is 50.5 Å². The maximum Gasteiger partial charge on any atom is 0.257 e. The zero-order valence-corrected chi connectivity index (χ0v) is 17.7. The number of rotatable bonds is 5. The number of fused-ring (bicyclic) bond motifs is 2. The highest BCUT2D eigenvalue weighted by Crippen LogP contribution is 2.35. The van der Waals surface area contributed by atoms with E-state index in [2.05, 4.69) is 17.1 Å². The predicted octanol–water partition coefficient (Wildman–Crippen LogP) is 3.81. The monoisotopic (exact) mass is 407 g/mol. The van der Waals surface area contributed by atoms with Gasteiger partial charge in [-0.3, -0.25) is 9.59 Å². The lowest BCUT2D eigenvalue weighted by atomic mass is 10.0. The lowest BCUT2D eigenvalue weighted by Gasteiger charge is -2.44. The molecule has 1 N–H and O–H groups in total. The number of carbonyl (C=O) groups excluding carboxylic acids is 2. The van der Waals surface area contributed by atoms with Crippen LogP contribution in [0.5, 0.6) is 5.75 Å². The standard InChI is InChI=1S/C24H29N3O3/c1-3-26-20-15-17(23(28)25-16-18-9-6-7-10-21(18)30-2)12-13-19(20)24(29)27-14-8-4-5-11-22(26)27/h6-7,9-10,12-13,15,22H,3-5,8,11,14,16H2,1-2H3,(H,25,28)/t22-/m0/s1. The summed E-state index contributed by atoms with van der Waals surface area (Å²) < 4.78 is 5.36. The molecule has 1 fully saturated rings. The molecule has 158 valence electrons. The van der Waals surface area contributed by atoms with Gasteiger partial charge in [-0.1, -0.05) is 24.6 Å². The molecule has 1 saturated heterocycles. The number of hydrogen-bond donors (Lipinski definition) is 1. The predicted molar refractivity (Wildman–Crippen MR) is 117 cm³/mol. The average Bonchev–Trinajstić information content (AvgIpc) is 3.04. The van der Waals surface area contributed by atoms with Crippen molar-refractivity contribution in [3.8, 4) is 5.75 Å². The van der Waals surface area contributed by atoms with E-state index in [1.165, 1.54) is 0 Å². The quantitative estimate of drug-likeness (QED) is 0.819. The van der Waals surface area contributed by atoms with Crippen LogP contribution in [0, 0.1) is 0 Å². The van der Waals surface area contributed by atoms with E-state index < -0.39 is 0 Å². The number of anilines is 1. The van der Waals surface area contributed by atoms with Gasteiger partial charge in [0, 0.05) is 30.8 Å². The zero-order chi connectivity index (χ0) is 21.1. The number of benzene rings is 2. The Morgan fingerprint density at radius 1 is 1.17 bits per heavy atom. The molecule has 2 aliphatic heterocycles. The number of nitrogens with one attached hydrogen (secondary N) is 1. The summed E-state index contributed by atoms with van der Waals surface area (Å²) in [6, 6.07) is 13.1. The van der Waals surface area contributed by atoms with Crippen molar-refractivity contribution in [1.29, 1.82) is 0 Å². The van der Waals surface area contributed by atoms with E-state index >= 15 is 0 Å². The van der Waals surface area contributed by atoms with E-state index in [4.69, 9.17) is 4.74 Å². The molecule has 6 nitrogen and oxygen atoms in total. The van der Waals surface area contributed by atoms with Crippen molar-refractivity contribution in [3.05, 3.63) is 59.2 Å². The lowest BCUT2D eigenvalue weighted by molar-refractivity contribution is 0.0656. The highest BCUT2D eigenvalue weighted by molar-refractivity contribution is 6.04. The molecule has 0 spiro atoms. The zero-order valence-electron chi connectivity index (χ0n) is 17.7. The van der Waals surface area contributed by atoms with E-state index in [0.29, 0.717) is 17.7 Å². The van der Waals surface area contributed by atoms with Crippen molar-refractivity contribution < 1.29 is 14.3 Å². The molecule has 6 heteroatoms. The van der Waals surface area contributed by atoms with Gasteiger partial charge < -0.3 is 19.9 Å². The van der Waals surface area contributed by atoms with Gasteiger partial charge in [0.2, 0.25) is 0 Å². The minimum atomic E-state index is -0.157. The van der Waals surface area contributed by atoms with Crippen LogP contribution < -0.4 is 15.0 Å². The number of para-hydroxylation sites is 1. The van der Waals surface area contributed by atoms with E-state index in [-0.39, 0.29) is 18.0 Å². The van der Waals surface area contributed by atoms with Crippen molar-refractivity contribution in [2.24, 2.45) is 0 Å². The van der Waals surface area contributed by atoms with Crippen molar-refractivity contribution in [2.75, 3.05) is 25.1 Å². The molecule has 0 aliphatic carbocycles. The molecule has 1 atom stereocenters. The van der Waals surface area contributed by atoms with Crippen LogP contribution in [0.15, 0.2) is 42.5 Å². The van der Waals surface area contributed by atoms with Crippen LogP contribution >= 0.6 is 0 Å². The number of nitrogens with zero attached hydrogens (tertiary/aromatic N) is 2. The van der Waals surface area contributed by atoms with E-state index in [0.717, 1.165) is 55.8 Å². The maximum absolute atomic E-state index is 13.1. The van der Waals surface area contributed by atoms with E-state index in [1.807, 2.05) is 35.2 Å². The van der Waals surface area contributed by atoms with Crippen molar-refractivity contribution >= 4 is 17.5 Å². The third kappa shape index (κ3) is 3.74. The van der Waals surface area contributed by atoms with Gasteiger partial charge in [0.1, 0.15) is 11.9 Å². The first-order chi connectivity index (χ1) is 14.6. The Morgan fingerprint density at radius 3 is 2.80 bits per heavy atom. The summed E-state index contributed by atoms with van der Waals surface area (Å²) in [6.45, 7) is 4.10. The fourth-order valence-electron chi connectivity index (χ4n) is 4.57. The second-order valence-corrected chi connectivity index (χ2v) is 7.84. The minimum absolute atomic E-state index is 0.0857. The van der Waals surface area contributed by atoms with Gasteiger partial charge in [-0.15, -0.1) is 0 Å². The second kappa shape index (κ2) is 8.78. The Labute approximate surface area is 177 Å². The van der Waals surface area contributed by atoms with Gasteiger partial charge in [0.15, 0.2) is 0 Å². The van der Waals surface area contributed by atoms with Crippen LogP contribution in [-0.4, -0.2) is 43.1 Å². The summed E-state index contributed by atoms with van der Waals surface area (Å²) in [7, 11) is 1.62. The largest absolute Gasteiger partial charge is 0.496 e. The Bertz CT molecular complexity index is 943. The fourth-order valence-corrected chi connectivity index (χ4v) is 4.57. The van der Waals surface area contributed by atoms with Gasteiger partial charge in [-0.25, -0.2) is 0 Å². The number of ether oxygens (including phenoxy) is 1.